The first-order valence-corrected chi connectivity index (χ1v) is 12.9. The van der Waals surface area contributed by atoms with Crippen LogP contribution < -0.4 is 4.72 Å². The highest BCUT2D eigenvalue weighted by Gasteiger charge is 2.29. The molecule has 0 aliphatic heterocycles. The Balaban J connectivity index is 1.87. The molecule has 0 unspecified atom stereocenters. The third kappa shape index (κ3) is 6.83. The van der Waals surface area contributed by atoms with Gasteiger partial charge in [0.1, 0.15) is 5.82 Å². The molecule has 0 spiro atoms. The highest BCUT2D eigenvalue weighted by molar-refractivity contribution is 7.89. The minimum atomic E-state index is -3.59. The molecule has 3 aromatic carbocycles. The Bertz CT molecular complexity index is 1240. The van der Waals surface area contributed by atoms with Crippen molar-refractivity contribution in [2.45, 2.75) is 37.6 Å². The Morgan fingerprint density at radius 2 is 1.51 bits per heavy atom. The highest BCUT2D eigenvalue weighted by Crippen LogP contribution is 2.18. The average molecular weight is 497 g/mol. The number of ketones is 1. The number of nitrogens with one attached hydrogen (secondary N) is 1. The Hall–Kier alpha value is -3.36. The van der Waals surface area contributed by atoms with E-state index >= 15 is 0 Å². The summed E-state index contributed by atoms with van der Waals surface area (Å²) >= 11 is 0. The second-order valence-corrected chi connectivity index (χ2v) is 9.86. The molecule has 1 amide bonds. The second kappa shape index (κ2) is 11.9. The van der Waals surface area contributed by atoms with Crippen molar-refractivity contribution in [3.8, 4) is 0 Å². The van der Waals surface area contributed by atoms with Crippen molar-refractivity contribution in [3.63, 3.8) is 0 Å². The van der Waals surface area contributed by atoms with E-state index in [4.69, 9.17) is 0 Å². The van der Waals surface area contributed by atoms with Crippen molar-refractivity contribution in [2.24, 2.45) is 0 Å². The normalized spacial score (nSPS) is 12.2. The van der Waals surface area contributed by atoms with Gasteiger partial charge in [-0.2, -0.15) is 0 Å². The van der Waals surface area contributed by atoms with E-state index in [1.165, 1.54) is 41.3 Å². The lowest BCUT2D eigenvalue weighted by Gasteiger charge is -2.30. The van der Waals surface area contributed by atoms with Crippen LogP contribution in [0.4, 0.5) is 4.39 Å². The van der Waals surface area contributed by atoms with Crippen molar-refractivity contribution in [1.29, 1.82) is 0 Å². The molecule has 0 aliphatic rings. The summed E-state index contributed by atoms with van der Waals surface area (Å²) in [6.45, 7) is 4.06. The molecule has 35 heavy (non-hydrogen) atoms. The fourth-order valence-corrected chi connectivity index (χ4v) is 4.92. The zero-order valence-corrected chi connectivity index (χ0v) is 20.6. The minimum absolute atomic E-state index is 0.0340. The van der Waals surface area contributed by atoms with Gasteiger partial charge in [0.15, 0.2) is 5.78 Å². The predicted molar refractivity (Wildman–Crippen MR) is 133 cm³/mol. The molecular weight excluding hydrogens is 467 g/mol. The second-order valence-electron chi connectivity index (χ2n) is 8.09. The van der Waals surface area contributed by atoms with E-state index in [1.54, 1.807) is 26.0 Å². The summed E-state index contributed by atoms with van der Waals surface area (Å²) in [5.74, 6) is -0.969. The molecule has 0 aliphatic carbocycles. The van der Waals surface area contributed by atoms with Crippen LogP contribution in [0.3, 0.4) is 0 Å². The van der Waals surface area contributed by atoms with Crippen LogP contribution in [0.15, 0.2) is 83.8 Å². The molecule has 0 saturated heterocycles. The van der Waals surface area contributed by atoms with Gasteiger partial charge in [-0.3, -0.25) is 9.59 Å². The van der Waals surface area contributed by atoms with Crippen LogP contribution in [0, 0.1) is 5.82 Å². The van der Waals surface area contributed by atoms with Gasteiger partial charge in [0.05, 0.1) is 10.9 Å². The lowest BCUT2D eigenvalue weighted by molar-refractivity contribution is -0.122. The number of sulfonamides is 1. The third-order valence-electron chi connectivity index (χ3n) is 5.66. The fourth-order valence-electron chi connectivity index (χ4n) is 3.88. The summed E-state index contributed by atoms with van der Waals surface area (Å²) in [5, 5.41) is 0. The number of rotatable bonds is 11. The van der Waals surface area contributed by atoms with E-state index in [9.17, 15) is 22.4 Å². The highest BCUT2D eigenvalue weighted by atomic mass is 32.2. The maximum atomic E-state index is 13.5. The maximum absolute atomic E-state index is 13.5. The Kier molecular flexibility index (Phi) is 8.89. The lowest BCUT2D eigenvalue weighted by atomic mass is 9.95. The molecule has 1 atom stereocenters. The van der Waals surface area contributed by atoms with Crippen LogP contribution >= 0.6 is 0 Å². The number of nitrogens with zero attached hydrogens (tertiary/aromatic N) is 1. The van der Waals surface area contributed by atoms with Gasteiger partial charge in [0, 0.05) is 25.1 Å². The lowest BCUT2D eigenvalue weighted by Crippen LogP contribution is -2.47. The number of amides is 1. The summed E-state index contributed by atoms with van der Waals surface area (Å²) in [5.41, 5.74) is 1.86. The molecule has 0 heterocycles. The summed E-state index contributed by atoms with van der Waals surface area (Å²) < 4.78 is 40.2. The SMILES string of the molecule is CCNS(=O)(=O)c1ccc(CC(=O)[C@H](Cc2ccccc2)N(CC)C(=O)c2ccc(F)cc2)cc1. The standard InChI is InChI=1S/C27H29FN2O4S/c1-3-29-35(33,34)24-16-10-21(11-17-24)19-26(31)25(18-20-8-6-5-7-9-20)30(4-2)27(32)22-12-14-23(28)15-13-22/h5-17,25,29H,3-4,18-19H2,1-2H3/t25-/m0/s1. The van der Waals surface area contributed by atoms with Crippen LogP contribution in [0.1, 0.15) is 35.3 Å². The van der Waals surface area contributed by atoms with Gasteiger partial charge in [0.25, 0.3) is 5.91 Å². The minimum Gasteiger partial charge on any atom is -0.329 e. The van der Waals surface area contributed by atoms with Gasteiger partial charge >= 0.3 is 0 Å². The number of hydrogen-bond acceptors (Lipinski definition) is 4. The van der Waals surface area contributed by atoms with E-state index < -0.39 is 21.9 Å². The van der Waals surface area contributed by atoms with Crippen molar-refractivity contribution >= 4 is 21.7 Å². The molecule has 0 radical (unpaired) electrons. The third-order valence-corrected chi connectivity index (χ3v) is 7.22. The zero-order chi connectivity index (χ0) is 25.4. The van der Waals surface area contributed by atoms with Crippen LogP contribution in [0.5, 0.6) is 0 Å². The van der Waals surface area contributed by atoms with Crippen LogP contribution in [0.25, 0.3) is 0 Å². The monoisotopic (exact) mass is 496 g/mol. The van der Waals surface area contributed by atoms with Crippen LogP contribution in [-0.4, -0.2) is 44.1 Å². The van der Waals surface area contributed by atoms with Crippen molar-refractivity contribution < 1.29 is 22.4 Å². The molecule has 184 valence electrons. The van der Waals surface area contributed by atoms with Crippen molar-refractivity contribution in [3.05, 3.63) is 101 Å². The summed E-state index contributed by atoms with van der Waals surface area (Å²) in [6, 6.07) is 20.1. The molecular formula is C27H29FN2O4S. The van der Waals surface area contributed by atoms with E-state index in [-0.39, 0.29) is 29.6 Å². The first kappa shape index (κ1) is 26.2. The molecule has 0 fully saturated rings. The number of benzene rings is 3. The van der Waals surface area contributed by atoms with Crippen LogP contribution in [0.2, 0.25) is 0 Å². The van der Waals surface area contributed by atoms with Gasteiger partial charge in [-0.05, 0) is 60.9 Å². The number of halogens is 1. The molecule has 6 nitrogen and oxygen atoms in total. The van der Waals surface area contributed by atoms with Crippen LogP contribution in [-0.2, 0) is 27.7 Å². The first-order chi connectivity index (χ1) is 16.7. The van der Waals surface area contributed by atoms with E-state index in [0.29, 0.717) is 24.1 Å². The van der Waals surface area contributed by atoms with Crippen molar-refractivity contribution in [1.82, 2.24) is 9.62 Å². The quantitative estimate of drug-likeness (QED) is 0.435. The number of carbonyl (C=O) groups is 2. The van der Waals surface area contributed by atoms with Crippen molar-refractivity contribution in [2.75, 3.05) is 13.1 Å². The van der Waals surface area contributed by atoms with E-state index in [2.05, 4.69) is 4.72 Å². The van der Waals surface area contributed by atoms with E-state index in [1.807, 2.05) is 30.3 Å². The predicted octanol–water partition coefficient (Wildman–Crippen LogP) is 4.01. The van der Waals surface area contributed by atoms with Gasteiger partial charge in [-0.15, -0.1) is 0 Å². The summed E-state index contributed by atoms with van der Waals surface area (Å²) in [4.78, 5) is 28.4. The molecule has 0 bridgehead atoms. The molecule has 3 rings (SSSR count). The topological polar surface area (TPSA) is 83.6 Å². The van der Waals surface area contributed by atoms with Gasteiger partial charge < -0.3 is 4.90 Å². The molecule has 8 heteroatoms. The van der Waals surface area contributed by atoms with Gasteiger partial charge in [-0.1, -0.05) is 49.4 Å². The largest absolute Gasteiger partial charge is 0.329 e. The number of likely N-dealkylation sites (N-methyl/N-ethyl adjacent to an activating group) is 1. The molecule has 1 N–H and O–H groups in total. The zero-order valence-electron chi connectivity index (χ0n) is 19.8. The van der Waals surface area contributed by atoms with E-state index in [0.717, 1.165) is 5.56 Å². The fraction of sp³-hybridized carbons (Fsp3) is 0.259. The number of hydrogen-bond donors (Lipinski definition) is 1. The number of Topliss-reactive ketones (excluding diaryl/α,β-unsaturated/α-hetero) is 1. The number of carbonyl (C=O) groups excluding carboxylic acids is 2. The van der Waals surface area contributed by atoms with Gasteiger partial charge in [0.2, 0.25) is 10.0 Å². The maximum Gasteiger partial charge on any atom is 0.254 e. The molecule has 3 aromatic rings. The first-order valence-electron chi connectivity index (χ1n) is 11.5. The Morgan fingerprint density at radius 1 is 0.886 bits per heavy atom. The average Bonchev–Trinajstić information content (AvgIpc) is 2.85. The smallest absolute Gasteiger partial charge is 0.254 e. The Morgan fingerprint density at radius 3 is 2.09 bits per heavy atom. The van der Waals surface area contributed by atoms with Gasteiger partial charge in [-0.25, -0.2) is 17.5 Å². The molecule has 0 saturated carbocycles. The summed E-state index contributed by atoms with van der Waals surface area (Å²) in [7, 11) is -3.59. The Labute approximate surface area is 205 Å². The molecule has 0 aromatic heterocycles. The summed E-state index contributed by atoms with van der Waals surface area (Å²) in [6.07, 6.45) is 0.361.